The molecule has 2 aromatic heterocycles. The number of nitrogens with one attached hydrogen (secondary N) is 1. The Hall–Kier alpha value is -3.45. The Kier molecular flexibility index (Phi) is 6.08. The van der Waals surface area contributed by atoms with Gasteiger partial charge in [-0.1, -0.05) is 36.0 Å². The van der Waals surface area contributed by atoms with Gasteiger partial charge in [0.05, 0.1) is 28.0 Å². The van der Waals surface area contributed by atoms with Gasteiger partial charge in [0.1, 0.15) is 0 Å². The van der Waals surface area contributed by atoms with E-state index in [9.17, 15) is 14.4 Å². The van der Waals surface area contributed by atoms with E-state index in [0.717, 1.165) is 16.8 Å². The number of hydrogen-bond donors (Lipinski definition) is 1. The van der Waals surface area contributed by atoms with Crippen molar-refractivity contribution in [1.29, 1.82) is 0 Å². The first-order valence-corrected chi connectivity index (χ1v) is 11.6. The van der Waals surface area contributed by atoms with Gasteiger partial charge in [0, 0.05) is 11.3 Å². The summed E-state index contributed by atoms with van der Waals surface area (Å²) in [6, 6.07) is 13.1. The van der Waals surface area contributed by atoms with E-state index in [2.05, 4.69) is 4.98 Å². The summed E-state index contributed by atoms with van der Waals surface area (Å²) in [4.78, 5) is 46.3. The van der Waals surface area contributed by atoms with Gasteiger partial charge in [-0.25, -0.2) is 4.98 Å². The zero-order chi connectivity index (χ0) is 23.9. The van der Waals surface area contributed by atoms with E-state index in [1.807, 2.05) is 44.2 Å². The summed E-state index contributed by atoms with van der Waals surface area (Å²) < 4.78 is 1.59. The zero-order valence-corrected chi connectivity index (χ0v) is 20.1. The summed E-state index contributed by atoms with van der Waals surface area (Å²) in [5, 5.41) is 0.976. The number of H-pyrrole nitrogens is 1. The Balaban J connectivity index is 1.79. The summed E-state index contributed by atoms with van der Waals surface area (Å²) in [5.74, 6) is -0.149. The molecule has 2 aromatic carbocycles. The molecule has 4 aromatic rings. The molecule has 0 atom stereocenters. The van der Waals surface area contributed by atoms with Crippen molar-refractivity contribution < 1.29 is 9.59 Å². The molecule has 0 saturated heterocycles. The fourth-order valence-electron chi connectivity index (χ4n) is 4.14. The fourth-order valence-corrected chi connectivity index (χ4v) is 5.02. The Labute approximate surface area is 196 Å². The van der Waals surface area contributed by atoms with Crippen LogP contribution >= 0.6 is 11.8 Å². The standard InChI is InChI=1S/C26H25N3O3S/c1-14-10-11-15(2)21(12-14)29-25(32)19-8-6-7-9-20(19)28-26(29)33-13-22(31)24-16(3)23(18(5)30)17(4)27-24/h6-12,27H,13H2,1-5H3. The first-order chi connectivity index (χ1) is 15.7. The molecule has 0 aliphatic carbocycles. The van der Waals surface area contributed by atoms with Crippen molar-refractivity contribution in [3.05, 3.63) is 86.5 Å². The lowest BCUT2D eigenvalue weighted by Crippen LogP contribution is -2.23. The van der Waals surface area contributed by atoms with Crippen LogP contribution in [0.4, 0.5) is 0 Å². The third-order valence-corrected chi connectivity index (χ3v) is 6.69. The number of hydrogen-bond acceptors (Lipinski definition) is 5. The molecule has 6 nitrogen and oxygen atoms in total. The van der Waals surface area contributed by atoms with E-state index in [1.165, 1.54) is 18.7 Å². The van der Waals surface area contributed by atoms with Crippen molar-refractivity contribution in [2.75, 3.05) is 5.75 Å². The predicted octanol–water partition coefficient (Wildman–Crippen LogP) is 5.13. The number of benzene rings is 2. The maximum Gasteiger partial charge on any atom is 0.266 e. The van der Waals surface area contributed by atoms with Gasteiger partial charge in [0.2, 0.25) is 0 Å². The lowest BCUT2D eigenvalue weighted by Gasteiger charge is -2.15. The van der Waals surface area contributed by atoms with Crippen LogP contribution in [0.15, 0.2) is 52.4 Å². The van der Waals surface area contributed by atoms with Crippen molar-refractivity contribution in [1.82, 2.24) is 14.5 Å². The Bertz CT molecular complexity index is 1480. The predicted molar refractivity (Wildman–Crippen MR) is 132 cm³/mol. The number of para-hydroxylation sites is 1. The Morgan fingerprint density at radius 2 is 1.79 bits per heavy atom. The summed E-state index contributed by atoms with van der Waals surface area (Å²) in [6.07, 6.45) is 0. The molecule has 0 aliphatic heterocycles. The molecular formula is C26H25N3O3S. The molecule has 168 valence electrons. The third-order valence-electron chi connectivity index (χ3n) is 5.75. The van der Waals surface area contributed by atoms with Gasteiger partial charge >= 0.3 is 0 Å². The van der Waals surface area contributed by atoms with Gasteiger partial charge in [0.25, 0.3) is 5.56 Å². The maximum atomic E-state index is 13.5. The minimum Gasteiger partial charge on any atom is -0.355 e. The average Bonchev–Trinajstić information content (AvgIpc) is 3.08. The number of aromatic nitrogens is 3. The Morgan fingerprint density at radius 1 is 1.06 bits per heavy atom. The molecule has 0 saturated carbocycles. The number of nitrogens with zero attached hydrogens (tertiary/aromatic N) is 2. The van der Waals surface area contributed by atoms with Gasteiger partial charge in [-0.15, -0.1) is 0 Å². The summed E-state index contributed by atoms with van der Waals surface area (Å²) in [5.41, 5.74) is 5.45. The number of ketones is 2. The van der Waals surface area contributed by atoms with Crippen LogP contribution in [0.25, 0.3) is 16.6 Å². The van der Waals surface area contributed by atoms with Gasteiger partial charge in [-0.2, -0.15) is 0 Å². The molecule has 0 radical (unpaired) electrons. The van der Waals surface area contributed by atoms with E-state index in [1.54, 1.807) is 30.5 Å². The quantitative estimate of drug-likeness (QED) is 0.246. The monoisotopic (exact) mass is 459 g/mol. The first-order valence-electron chi connectivity index (χ1n) is 10.6. The molecule has 0 fully saturated rings. The van der Waals surface area contributed by atoms with Crippen LogP contribution in [0, 0.1) is 27.7 Å². The van der Waals surface area contributed by atoms with E-state index in [4.69, 9.17) is 4.98 Å². The lowest BCUT2D eigenvalue weighted by molar-refractivity contribution is 0.101. The average molecular weight is 460 g/mol. The topological polar surface area (TPSA) is 84.8 Å². The van der Waals surface area contributed by atoms with Gasteiger partial charge in [-0.3, -0.25) is 19.0 Å². The van der Waals surface area contributed by atoms with Crippen molar-refractivity contribution in [2.45, 2.75) is 39.8 Å². The van der Waals surface area contributed by atoms with E-state index >= 15 is 0 Å². The van der Waals surface area contributed by atoms with Crippen LogP contribution in [0.5, 0.6) is 0 Å². The molecule has 2 heterocycles. The lowest BCUT2D eigenvalue weighted by atomic mass is 10.1. The van der Waals surface area contributed by atoms with Crippen LogP contribution in [0.3, 0.4) is 0 Å². The van der Waals surface area contributed by atoms with E-state index < -0.39 is 0 Å². The minimum atomic E-state index is -0.171. The molecule has 7 heteroatoms. The van der Waals surface area contributed by atoms with Crippen molar-refractivity contribution in [3.8, 4) is 5.69 Å². The van der Waals surface area contributed by atoms with Crippen molar-refractivity contribution in [3.63, 3.8) is 0 Å². The van der Waals surface area contributed by atoms with E-state index in [-0.39, 0.29) is 22.9 Å². The minimum absolute atomic E-state index is 0.0760. The summed E-state index contributed by atoms with van der Waals surface area (Å²) >= 11 is 1.22. The second-order valence-corrected chi connectivity index (χ2v) is 9.18. The second-order valence-electron chi connectivity index (χ2n) is 8.24. The number of carbonyl (C=O) groups is 2. The highest BCUT2D eigenvalue weighted by Crippen LogP contribution is 2.26. The first kappa shape index (κ1) is 22.7. The summed E-state index contributed by atoms with van der Waals surface area (Å²) in [6.45, 7) is 8.98. The summed E-state index contributed by atoms with van der Waals surface area (Å²) in [7, 11) is 0. The number of thioether (sulfide) groups is 1. The molecule has 0 spiro atoms. The van der Waals surface area contributed by atoms with Gasteiger partial charge in [0.15, 0.2) is 16.7 Å². The van der Waals surface area contributed by atoms with Gasteiger partial charge in [-0.05, 0) is 69.5 Å². The van der Waals surface area contributed by atoms with Gasteiger partial charge < -0.3 is 4.98 Å². The molecule has 4 rings (SSSR count). The SMILES string of the molecule is CC(=O)c1c(C)[nH]c(C(=O)CSc2nc3ccccc3c(=O)n2-c2cc(C)ccc2C)c1C. The smallest absolute Gasteiger partial charge is 0.266 e. The normalized spacial score (nSPS) is 11.2. The number of carbonyl (C=O) groups excluding carboxylic acids is 2. The molecule has 0 bridgehead atoms. The molecule has 0 unspecified atom stereocenters. The molecular weight excluding hydrogens is 434 g/mol. The molecule has 0 aliphatic rings. The Morgan fingerprint density at radius 3 is 2.48 bits per heavy atom. The zero-order valence-electron chi connectivity index (χ0n) is 19.3. The number of Topliss-reactive ketones (excluding diaryl/α,β-unsaturated/α-hetero) is 2. The molecule has 0 amide bonds. The second kappa shape index (κ2) is 8.83. The van der Waals surface area contributed by atoms with Crippen LogP contribution in [0.2, 0.25) is 0 Å². The number of rotatable bonds is 6. The highest BCUT2D eigenvalue weighted by atomic mass is 32.2. The van der Waals surface area contributed by atoms with E-state index in [0.29, 0.717) is 38.6 Å². The van der Waals surface area contributed by atoms with Crippen molar-refractivity contribution >= 4 is 34.2 Å². The van der Waals surface area contributed by atoms with Crippen LogP contribution in [-0.4, -0.2) is 31.9 Å². The molecule has 33 heavy (non-hydrogen) atoms. The number of aryl methyl sites for hydroxylation is 3. The van der Waals surface area contributed by atoms with Crippen LogP contribution in [-0.2, 0) is 0 Å². The van der Waals surface area contributed by atoms with Crippen LogP contribution < -0.4 is 5.56 Å². The highest BCUT2D eigenvalue weighted by Gasteiger charge is 2.21. The number of fused-ring (bicyclic) bond motifs is 1. The highest BCUT2D eigenvalue weighted by molar-refractivity contribution is 7.99. The largest absolute Gasteiger partial charge is 0.355 e. The van der Waals surface area contributed by atoms with Crippen molar-refractivity contribution in [2.24, 2.45) is 0 Å². The van der Waals surface area contributed by atoms with Crippen LogP contribution in [0.1, 0.15) is 50.2 Å². The maximum absolute atomic E-state index is 13.5. The number of aromatic amines is 1. The molecule has 1 N–H and O–H groups in total. The fraction of sp³-hybridized carbons (Fsp3) is 0.231. The third kappa shape index (κ3) is 4.16.